The van der Waals surface area contributed by atoms with Crippen LogP contribution in [0.25, 0.3) is 0 Å². The summed E-state index contributed by atoms with van der Waals surface area (Å²) in [5, 5.41) is 0. The number of anilines is 1. The monoisotopic (exact) mass is 273 g/mol. The normalized spacial score (nSPS) is 10.6. The van der Waals surface area contributed by atoms with E-state index in [1.807, 2.05) is 26.0 Å². The van der Waals surface area contributed by atoms with Crippen molar-refractivity contribution in [1.29, 1.82) is 0 Å². The number of aromatic amines is 1. The largest absolute Gasteiger partial charge is 0.493 e. The molecular formula is C15H19N3O2. The number of aromatic nitrogens is 2. The number of nitrogens with one attached hydrogen (secondary N) is 1. The summed E-state index contributed by atoms with van der Waals surface area (Å²) < 4.78 is 5.70. The van der Waals surface area contributed by atoms with E-state index in [4.69, 9.17) is 10.5 Å². The van der Waals surface area contributed by atoms with E-state index in [1.54, 1.807) is 6.92 Å². The molecule has 5 heteroatoms. The fourth-order valence-corrected chi connectivity index (χ4v) is 2.21. The van der Waals surface area contributed by atoms with E-state index in [-0.39, 0.29) is 11.5 Å². The number of rotatable bonds is 4. The van der Waals surface area contributed by atoms with Gasteiger partial charge in [0.25, 0.3) is 5.56 Å². The van der Waals surface area contributed by atoms with Gasteiger partial charge in [0.05, 0.1) is 12.3 Å². The first-order chi connectivity index (χ1) is 9.45. The van der Waals surface area contributed by atoms with Gasteiger partial charge in [0, 0.05) is 12.0 Å². The standard InChI is InChI=1S/C15H19N3O2/c1-9-6-10(2)8-12(7-9)20-5-4-13-11(3)17-15(16)18-14(13)19/h6-8H,4-5H2,1-3H3,(H3,16,17,18,19). The van der Waals surface area contributed by atoms with E-state index in [9.17, 15) is 4.79 Å². The lowest BCUT2D eigenvalue weighted by Crippen LogP contribution is -2.20. The lowest BCUT2D eigenvalue weighted by molar-refractivity contribution is 0.320. The lowest BCUT2D eigenvalue weighted by atomic mass is 10.1. The zero-order valence-electron chi connectivity index (χ0n) is 12.0. The average molecular weight is 273 g/mol. The molecule has 0 saturated heterocycles. The quantitative estimate of drug-likeness (QED) is 0.891. The number of H-pyrrole nitrogens is 1. The Bertz CT molecular complexity index is 657. The molecule has 1 heterocycles. The van der Waals surface area contributed by atoms with E-state index in [2.05, 4.69) is 16.0 Å². The summed E-state index contributed by atoms with van der Waals surface area (Å²) in [6, 6.07) is 6.04. The molecule has 20 heavy (non-hydrogen) atoms. The smallest absolute Gasteiger partial charge is 0.255 e. The molecule has 0 spiro atoms. The van der Waals surface area contributed by atoms with Crippen LogP contribution < -0.4 is 16.0 Å². The summed E-state index contributed by atoms with van der Waals surface area (Å²) in [4.78, 5) is 18.3. The Hall–Kier alpha value is -2.30. The first-order valence-electron chi connectivity index (χ1n) is 6.52. The Labute approximate surface area is 117 Å². The zero-order chi connectivity index (χ0) is 14.7. The van der Waals surface area contributed by atoms with Crippen molar-refractivity contribution in [3.8, 4) is 5.75 Å². The molecule has 2 rings (SSSR count). The summed E-state index contributed by atoms with van der Waals surface area (Å²) in [5.41, 5.74) is 8.86. The molecule has 106 valence electrons. The highest BCUT2D eigenvalue weighted by molar-refractivity contribution is 5.33. The second kappa shape index (κ2) is 5.77. The molecule has 0 amide bonds. The van der Waals surface area contributed by atoms with Crippen molar-refractivity contribution in [3.63, 3.8) is 0 Å². The minimum atomic E-state index is -0.195. The number of nitrogen functional groups attached to an aromatic ring is 1. The highest BCUT2D eigenvalue weighted by atomic mass is 16.5. The number of hydrogen-bond donors (Lipinski definition) is 2. The van der Waals surface area contributed by atoms with Gasteiger partial charge >= 0.3 is 0 Å². The van der Waals surface area contributed by atoms with Crippen LogP contribution in [0.4, 0.5) is 5.95 Å². The molecule has 0 aliphatic carbocycles. The molecule has 2 aromatic rings. The Morgan fingerprint density at radius 2 is 1.85 bits per heavy atom. The molecule has 0 aliphatic heterocycles. The molecule has 0 atom stereocenters. The first kappa shape index (κ1) is 14.1. The molecule has 3 N–H and O–H groups in total. The highest BCUT2D eigenvalue weighted by Crippen LogP contribution is 2.16. The Morgan fingerprint density at radius 1 is 1.20 bits per heavy atom. The molecule has 0 bridgehead atoms. The van der Waals surface area contributed by atoms with Crippen LogP contribution in [-0.4, -0.2) is 16.6 Å². The van der Waals surface area contributed by atoms with Crippen molar-refractivity contribution < 1.29 is 4.74 Å². The molecule has 0 unspecified atom stereocenters. The lowest BCUT2D eigenvalue weighted by Gasteiger charge is -2.09. The third kappa shape index (κ3) is 3.38. The summed E-state index contributed by atoms with van der Waals surface area (Å²) in [7, 11) is 0. The molecule has 0 fully saturated rings. The number of nitrogens with zero attached hydrogens (tertiary/aromatic N) is 1. The highest BCUT2D eigenvalue weighted by Gasteiger charge is 2.07. The maximum Gasteiger partial charge on any atom is 0.255 e. The van der Waals surface area contributed by atoms with E-state index < -0.39 is 0 Å². The number of ether oxygens (including phenoxy) is 1. The topological polar surface area (TPSA) is 81.0 Å². The van der Waals surface area contributed by atoms with Gasteiger partial charge in [-0.2, -0.15) is 0 Å². The molecule has 1 aromatic heterocycles. The van der Waals surface area contributed by atoms with Crippen LogP contribution in [0, 0.1) is 20.8 Å². The van der Waals surface area contributed by atoms with Gasteiger partial charge in [0.1, 0.15) is 5.75 Å². The summed E-state index contributed by atoms with van der Waals surface area (Å²) in [6.07, 6.45) is 0.501. The van der Waals surface area contributed by atoms with Crippen LogP contribution in [0.5, 0.6) is 5.75 Å². The zero-order valence-corrected chi connectivity index (χ0v) is 12.0. The second-order valence-electron chi connectivity index (χ2n) is 4.94. The van der Waals surface area contributed by atoms with Crippen molar-refractivity contribution in [2.24, 2.45) is 0 Å². The predicted octanol–water partition coefficient (Wildman–Crippen LogP) is 1.90. The number of nitrogens with two attached hydrogens (primary N) is 1. The summed E-state index contributed by atoms with van der Waals surface area (Å²) in [5.74, 6) is 0.964. The molecule has 0 radical (unpaired) electrons. The minimum Gasteiger partial charge on any atom is -0.493 e. The maximum absolute atomic E-state index is 11.8. The summed E-state index contributed by atoms with van der Waals surface area (Å²) >= 11 is 0. The van der Waals surface area contributed by atoms with Gasteiger partial charge in [-0.3, -0.25) is 9.78 Å². The fourth-order valence-electron chi connectivity index (χ4n) is 2.21. The van der Waals surface area contributed by atoms with E-state index in [0.29, 0.717) is 24.3 Å². The maximum atomic E-state index is 11.8. The van der Waals surface area contributed by atoms with Gasteiger partial charge in [0.15, 0.2) is 0 Å². The number of benzene rings is 1. The van der Waals surface area contributed by atoms with Gasteiger partial charge in [-0.1, -0.05) is 6.07 Å². The Kier molecular flexibility index (Phi) is 4.08. The molecule has 5 nitrogen and oxygen atoms in total. The molecule has 0 saturated carbocycles. The van der Waals surface area contributed by atoms with Crippen molar-refractivity contribution in [2.75, 3.05) is 12.3 Å². The third-order valence-corrected chi connectivity index (χ3v) is 3.06. The van der Waals surface area contributed by atoms with Crippen molar-refractivity contribution >= 4 is 5.95 Å². The van der Waals surface area contributed by atoms with E-state index >= 15 is 0 Å². The van der Waals surface area contributed by atoms with Crippen LogP contribution in [0.2, 0.25) is 0 Å². The van der Waals surface area contributed by atoms with Crippen LogP contribution in [0.3, 0.4) is 0 Å². The van der Waals surface area contributed by atoms with Crippen molar-refractivity contribution in [3.05, 3.63) is 50.9 Å². The predicted molar refractivity (Wildman–Crippen MR) is 79.1 cm³/mol. The van der Waals surface area contributed by atoms with Gasteiger partial charge in [-0.25, -0.2) is 4.98 Å². The minimum absolute atomic E-state index is 0.145. The van der Waals surface area contributed by atoms with Crippen LogP contribution >= 0.6 is 0 Å². The van der Waals surface area contributed by atoms with Crippen LogP contribution in [0.1, 0.15) is 22.4 Å². The fraction of sp³-hybridized carbons (Fsp3) is 0.333. The molecule has 0 aliphatic rings. The Morgan fingerprint density at radius 3 is 2.45 bits per heavy atom. The average Bonchev–Trinajstić information content (AvgIpc) is 2.31. The van der Waals surface area contributed by atoms with E-state index in [1.165, 1.54) is 0 Å². The van der Waals surface area contributed by atoms with Gasteiger partial charge in [-0.05, 0) is 44.0 Å². The number of aryl methyl sites for hydroxylation is 3. The Balaban J connectivity index is 2.05. The number of hydrogen-bond acceptors (Lipinski definition) is 4. The van der Waals surface area contributed by atoms with Crippen molar-refractivity contribution in [2.45, 2.75) is 27.2 Å². The van der Waals surface area contributed by atoms with Crippen molar-refractivity contribution in [1.82, 2.24) is 9.97 Å². The van der Waals surface area contributed by atoms with Crippen LogP contribution in [0.15, 0.2) is 23.0 Å². The SMILES string of the molecule is Cc1cc(C)cc(OCCc2c(C)nc(N)[nH]c2=O)c1. The van der Waals surface area contributed by atoms with Gasteiger partial charge in [0.2, 0.25) is 5.95 Å². The van der Waals surface area contributed by atoms with E-state index in [0.717, 1.165) is 16.9 Å². The third-order valence-electron chi connectivity index (χ3n) is 3.06. The summed E-state index contributed by atoms with van der Waals surface area (Å²) in [6.45, 7) is 6.26. The molecular weight excluding hydrogens is 254 g/mol. The molecule has 1 aromatic carbocycles. The van der Waals surface area contributed by atoms with Crippen LogP contribution in [-0.2, 0) is 6.42 Å². The van der Waals surface area contributed by atoms with Gasteiger partial charge in [-0.15, -0.1) is 0 Å². The first-order valence-corrected chi connectivity index (χ1v) is 6.52. The van der Waals surface area contributed by atoms with Gasteiger partial charge < -0.3 is 10.5 Å². The second-order valence-corrected chi connectivity index (χ2v) is 4.94.